The molecule has 1 aromatic carbocycles. The van der Waals surface area contributed by atoms with E-state index in [1.165, 1.54) is 0 Å². The van der Waals surface area contributed by atoms with Crippen LogP contribution in [0.2, 0.25) is 0 Å². The van der Waals surface area contributed by atoms with Gasteiger partial charge in [-0.15, -0.1) is 23.2 Å². The summed E-state index contributed by atoms with van der Waals surface area (Å²) in [7, 11) is -2.82. The fourth-order valence-electron chi connectivity index (χ4n) is 0.867. The van der Waals surface area contributed by atoms with Gasteiger partial charge >= 0.3 is 0 Å². The van der Waals surface area contributed by atoms with Crippen molar-refractivity contribution in [1.82, 2.24) is 0 Å². The molecule has 1 rings (SSSR count). The molecule has 0 amide bonds. The van der Waals surface area contributed by atoms with Crippen LogP contribution in [-0.2, 0) is 15.7 Å². The summed E-state index contributed by atoms with van der Waals surface area (Å²) in [6, 6.07) is 9.49. The fraction of sp³-hybridized carbons (Fsp3) is 0.333. The molecule has 0 aromatic heterocycles. The lowest BCUT2D eigenvalue weighted by atomic mass is 10.2. The van der Waals surface area contributed by atoms with Crippen molar-refractivity contribution in [2.45, 2.75) is 6.61 Å². The van der Waals surface area contributed by atoms with E-state index < -0.39 is 7.37 Å². The van der Waals surface area contributed by atoms with Gasteiger partial charge in [0, 0.05) is 0 Å². The van der Waals surface area contributed by atoms with Crippen LogP contribution < -0.4 is 0 Å². The van der Waals surface area contributed by atoms with Crippen molar-refractivity contribution in [2.24, 2.45) is 0 Å². The molecule has 0 radical (unpaired) electrons. The van der Waals surface area contributed by atoms with Crippen LogP contribution in [0.4, 0.5) is 0 Å². The highest BCUT2D eigenvalue weighted by molar-refractivity contribution is 7.62. The average Bonchev–Trinajstić information content (AvgIpc) is 2.27. The van der Waals surface area contributed by atoms with Crippen molar-refractivity contribution in [2.75, 3.05) is 11.2 Å². The molecule has 0 aliphatic carbocycles. The van der Waals surface area contributed by atoms with Crippen LogP contribution in [0.3, 0.4) is 0 Å². The molecule has 0 aliphatic rings. The molecule has 78 valence electrons. The third-order valence-corrected chi connectivity index (χ3v) is 5.19. The standard InChI is InChI=1S/C9H11Cl2O2P/c10-7-14(12,8-11)13-6-9-4-2-1-3-5-9/h1-5H,6-8H2. The molecule has 14 heavy (non-hydrogen) atoms. The van der Waals surface area contributed by atoms with Crippen molar-refractivity contribution < 1.29 is 9.09 Å². The molecule has 1 aromatic rings. The lowest BCUT2D eigenvalue weighted by Crippen LogP contribution is -1.94. The maximum atomic E-state index is 11.6. The van der Waals surface area contributed by atoms with Gasteiger partial charge < -0.3 is 4.52 Å². The first-order chi connectivity index (χ1) is 6.70. The number of halogens is 2. The minimum absolute atomic E-state index is 0.0384. The molecule has 0 saturated carbocycles. The Morgan fingerprint density at radius 2 is 1.71 bits per heavy atom. The largest absolute Gasteiger partial charge is 0.322 e. The van der Waals surface area contributed by atoms with E-state index in [1.807, 2.05) is 30.3 Å². The zero-order valence-corrected chi connectivity index (χ0v) is 9.93. The zero-order chi connectivity index (χ0) is 10.4. The number of hydrogen-bond donors (Lipinski definition) is 0. The predicted molar refractivity (Wildman–Crippen MR) is 60.3 cm³/mol. The normalized spacial score (nSPS) is 11.6. The Morgan fingerprint density at radius 1 is 1.14 bits per heavy atom. The van der Waals surface area contributed by atoms with Gasteiger partial charge in [0.25, 0.3) is 0 Å². The SMILES string of the molecule is O=P(CCl)(CCl)OCc1ccccc1. The molecule has 0 atom stereocenters. The Bertz CT molecular complexity index is 308. The quantitative estimate of drug-likeness (QED) is 0.588. The van der Waals surface area contributed by atoms with Gasteiger partial charge in [-0.05, 0) is 5.56 Å². The molecule has 0 saturated heterocycles. The Labute approximate surface area is 93.6 Å². The lowest BCUT2D eigenvalue weighted by molar-refractivity contribution is 0.308. The fourth-order valence-corrected chi connectivity index (χ4v) is 2.63. The monoisotopic (exact) mass is 252 g/mol. The Balaban J connectivity index is 2.52. The van der Waals surface area contributed by atoms with E-state index in [0.717, 1.165) is 5.56 Å². The molecule has 0 unspecified atom stereocenters. The van der Waals surface area contributed by atoms with E-state index in [2.05, 4.69) is 0 Å². The zero-order valence-electron chi connectivity index (χ0n) is 7.53. The van der Waals surface area contributed by atoms with Crippen molar-refractivity contribution in [3.05, 3.63) is 35.9 Å². The van der Waals surface area contributed by atoms with Crippen LogP contribution in [-0.4, -0.2) is 11.2 Å². The van der Waals surface area contributed by atoms with Gasteiger partial charge in [0.1, 0.15) is 11.2 Å². The third kappa shape index (κ3) is 3.62. The summed E-state index contributed by atoms with van der Waals surface area (Å²) in [5, 5.41) is 0. The summed E-state index contributed by atoms with van der Waals surface area (Å²) >= 11 is 11.0. The number of hydrogen-bond acceptors (Lipinski definition) is 2. The number of rotatable bonds is 5. The highest BCUT2D eigenvalue weighted by Gasteiger charge is 2.20. The molecular weight excluding hydrogens is 242 g/mol. The van der Waals surface area contributed by atoms with Crippen LogP contribution in [0.1, 0.15) is 5.56 Å². The second kappa shape index (κ2) is 5.77. The van der Waals surface area contributed by atoms with Gasteiger partial charge in [0.15, 0.2) is 0 Å². The minimum Gasteiger partial charge on any atom is -0.322 e. The summed E-state index contributed by atoms with van der Waals surface area (Å²) in [5.74, 6) is 0. The van der Waals surface area contributed by atoms with E-state index in [4.69, 9.17) is 27.7 Å². The van der Waals surface area contributed by atoms with Gasteiger partial charge in [-0.25, -0.2) is 0 Å². The molecule has 2 nitrogen and oxygen atoms in total. The highest BCUT2D eigenvalue weighted by atomic mass is 35.5. The van der Waals surface area contributed by atoms with Crippen LogP contribution in [0.15, 0.2) is 30.3 Å². The summed E-state index contributed by atoms with van der Waals surface area (Å²) < 4.78 is 16.8. The van der Waals surface area contributed by atoms with E-state index in [0.29, 0.717) is 0 Å². The van der Waals surface area contributed by atoms with E-state index in [9.17, 15) is 4.57 Å². The minimum atomic E-state index is -2.82. The molecule has 0 N–H and O–H groups in total. The first-order valence-electron chi connectivity index (χ1n) is 4.09. The number of alkyl halides is 2. The summed E-state index contributed by atoms with van der Waals surface area (Å²) in [4.78, 5) is 0. The first kappa shape index (κ1) is 12.1. The Morgan fingerprint density at radius 3 is 2.21 bits per heavy atom. The average molecular weight is 253 g/mol. The smallest absolute Gasteiger partial charge is 0.232 e. The van der Waals surface area contributed by atoms with E-state index in [-0.39, 0.29) is 17.8 Å². The predicted octanol–water partition coefficient (Wildman–Crippen LogP) is 3.87. The van der Waals surface area contributed by atoms with Gasteiger partial charge in [-0.2, -0.15) is 0 Å². The second-order valence-electron chi connectivity index (χ2n) is 2.81. The Hall–Kier alpha value is -0.0100. The van der Waals surface area contributed by atoms with Crippen molar-refractivity contribution in [3.63, 3.8) is 0 Å². The summed E-state index contributed by atoms with van der Waals surface area (Å²) in [5.41, 5.74) is 0.884. The van der Waals surface area contributed by atoms with Crippen molar-refractivity contribution in [1.29, 1.82) is 0 Å². The first-order valence-corrected chi connectivity index (χ1v) is 7.15. The van der Waals surface area contributed by atoms with Crippen LogP contribution in [0, 0.1) is 0 Å². The van der Waals surface area contributed by atoms with Gasteiger partial charge in [0.05, 0.1) is 6.61 Å². The van der Waals surface area contributed by atoms with Crippen LogP contribution >= 0.6 is 30.6 Å². The van der Waals surface area contributed by atoms with Crippen molar-refractivity contribution in [3.8, 4) is 0 Å². The highest BCUT2D eigenvalue weighted by Crippen LogP contribution is 2.49. The van der Waals surface area contributed by atoms with Gasteiger partial charge in [-0.3, -0.25) is 4.57 Å². The Kier molecular flexibility index (Phi) is 4.97. The second-order valence-corrected chi connectivity index (χ2v) is 6.61. The molecule has 0 fully saturated rings. The van der Waals surface area contributed by atoms with E-state index >= 15 is 0 Å². The molecule has 0 heterocycles. The van der Waals surface area contributed by atoms with Crippen LogP contribution in [0.5, 0.6) is 0 Å². The molecular formula is C9H11Cl2O2P. The molecule has 0 aliphatic heterocycles. The van der Waals surface area contributed by atoms with E-state index in [1.54, 1.807) is 0 Å². The molecule has 5 heteroatoms. The maximum absolute atomic E-state index is 11.6. The third-order valence-electron chi connectivity index (χ3n) is 1.67. The number of benzene rings is 1. The molecule has 0 spiro atoms. The topological polar surface area (TPSA) is 26.3 Å². The van der Waals surface area contributed by atoms with Gasteiger partial charge in [-0.1, -0.05) is 30.3 Å². The maximum Gasteiger partial charge on any atom is 0.232 e. The molecule has 0 bridgehead atoms. The summed E-state index contributed by atoms with van der Waals surface area (Å²) in [6.07, 6.45) is 0. The van der Waals surface area contributed by atoms with Crippen molar-refractivity contribution >= 4 is 30.6 Å². The lowest BCUT2D eigenvalue weighted by Gasteiger charge is -2.12. The van der Waals surface area contributed by atoms with Gasteiger partial charge in [0.2, 0.25) is 7.37 Å². The summed E-state index contributed by atoms with van der Waals surface area (Å²) in [6.45, 7) is 0.289. The van der Waals surface area contributed by atoms with Crippen LogP contribution in [0.25, 0.3) is 0 Å².